The molecule has 2 aromatic rings. The number of nitrogens with one attached hydrogen (secondary N) is 1. The molecule has 0 saturated heterocycles. The Kier molecular flexibility index (Phi) is 6.10. The van der Waals surface area contributed by atoms with Crippen LogP contribution in [0.2, 0.25) is 10.0 Å². The molecule has 0 saturated carbocycles. The van der Waals surface area contributed by atoms with Crippen molar-refractivity contribution in [2.75, 3.05) is 6.54 Å². The lowest BCUT2D eigenvalue weighted by Crippen LogP contribution is -2.24. The van der Waals surface area contributed by atoms with Gasteiger partial charge in [0.2, 0.25) is 0 Å². The standard InChI is InChI=1S/C18H21Cl2N/c1-3-11-21-18(14-8-5-7-13(4-2)12-14)17-15(19)9-6-10-16(17)20/h5-10,12,18,21H,3-4,11H2,1-2H3. The summed E-state index contributed by atoms with van der Waals surface area (Å²) in [7, 11) is 0. The first-order valence-corrected chi connectivity index (χ1v) is 8.19. The van der Waals surface area contributed by atoms with Gasteiger partial charge in [0.15, 0.2) is 0 Å². The van der Waals surface area contributed by atoms with Crippen LogP contribution in [0.3, 0.4) is 0 Å². The average molecular weight is 322 g/mol. The highest BCUT2D eigenvalue weighted by Gasteiger charge is 2.19. The van der Waals surface area contributed by atoms with Crippen molar-refractivity contribution in [3.63, 3.8) is 0 Å². The molecular formula is C18H21Cl2N. The Morgan fingerprint density at radius 2 is 1.67 bits per heavy atom. The van der Waals surface area contributed by atoms with Crippen molar-refractivity contribution in [1.29, 1.82) is 0 Å². The van der Waals surface area contributed by atoms with Crippen molar-refractivity contribution < 1.29 is 0 Å². The van der Waals surface area contributed by atoms with Crippen molar-refractivity contribution in [3.8, 4) is 0 Å². The fraction of sp³-hybridized carbons (Fsp3) is 0.333. The SMILES string of the molecule is CCCNC(c1cccc(CC)c1)c1c(Cl)cccc1Cl. The summed E-state index contributed by atoms with van der Waals surface area (Å²) in [6, 6.07) is 14.3. The molecule has 0 aliphatic carbocycles. The minimum absolute atomic E-state index is 0.0256. The van der Waals surface area contributed by atoms with Crippen LogP contribution < -0.4 is 5.32 Å². The summed E-state index contributed by atoms with van der Waals surface area (Å²) in [5, 5.41) is 4.98. The molecule has 0 aromatic heterocycles. The normalized spacial score (nSPS) is 12.4. The Morgan fingerprint density at radius 1 is 1.00 bits per heavy atom. The van der Waals surface area contributed by atoms with Gasteiger partial charge in [-0.05, 0) is 42.6 Å². The molecule has 1 atom stereocenters. The van der Waals surface area contributed by atoms with E-state index in [-0.39, 0.29) is 6.04 Å². The van der Waals surface area contributed by atoms with E-state index in [0.29, 0.717) is 10.0 Å². The number of halogens is 2. The van der Waals surface area contributed by atoms with Gasteiger partial charge in [0.1, 0.15) is 0 Å². The third-order valence-electron chi connectivity index (χ3n) is 3.58. The van der Waals surface area contributed by atoms with Crippen molar-refractivity contribution in [3.05, 3.63) is 69.2 Å². The van der Waals surface area contributed by atoms with E-state index < -0.39 is 0 Å². The van der Waals surface area contributed by atoms with E-state index in [2.05, 4.69) is 43.4 Å². The minimum Gasteiger partial charge on any atom is -0.306 e. The third-order valence-corrected chi connectivity index (χ3v) is 4.24. The highest BCUT2D eigenvalue weighted by molar-refractivity contribution is 6.36. The van der Waals surface area contributed by atoms with Gasteiger partial charge in [0, 0.05) is 15.6 Å². The molecule has 0 heterocycles. The Balaban J connectivity index is 2.47. The molecule has 0 bridgehead atoms. The molecule has 2 aromatic carbocycles. The first-order chi connectivity index (χ1) is 10.2. The number of rotatable bonds is 6. The average Bonchev–Trinajstić information content (AvgIpc) is 2.50. The molecule has 0 amide bonds. The van der Waals surface area contributed by atoms with Crippen molar-refractivity contribution in [2.45, 2.75) is 32.7 Å². The lowest BCUT2D eigenvalue weighted by molar-refractivity contribution is 0.598. The maximum atomic E-state index is 6.40. The number of aryl methyl sites for hydroxylation is 1. The van der Waals surface area contributed by atoms with Gasteiger partial charge in [-0.25, -0.2) is 0 Å². The van der Waals surface area contributed by atoms with Gasteiger partial charge in [-0.15, -0.1) is 0 Å². The van der Waals surface area contributed by atoms with Gasteiger partial charge in [0.25, 0.3) is 0 Å². The first-order valence-electron chi connectivity index (χ1n) is 7.43. The maximum Gasteiger partial charge on any atom is 0.0606 e. The Morgan fingerprint density at radius 3 is 2.29 bits per heavy atom. The summed E-state index contributed by atoms with van der Waals surface area (Å²) in [5.41, 5.74) is 3.49. The van der Waals surface area contributed by atoms with Gasteiger partial charge in [0.05, 0.1) is 6.04 Å². The highest BCUT2D eigenvalue weighted by Crippen LogP contribution is 2.34. The second-order valence-electron chi connectivity index (χ2n) is 5.12. The van der Waals surface area contributed by atoms with Crippen LogP contribution in [0.15, 0.2) is 42.5 Å². The van der Waals surface area contributed by atoms with Crippen molar-refractivity contribution >= 4 is 23.2 Å². The van der Waals surface area contributed by atoms with Crippen LogP contribution in [0.4, 0.5) is 0 Å². The van der Waals surface area contributed by atoms with Crippen LogP contribution in [0.1, 0.15) is 43.0 Å². The van der Waals surface area contributed by atoms with E-state index in [0.717, 1.165) is 24.9 Å². The Labute approximate surface area is 137 Å². The monoisotopic (exact) mass is 321 g/mol. The molecule has 112 valence electrons. The Hall–Kier alpha value is -1.02. The highest BCUT2D eigenvalue weighted by atomic mass is 35.5. The molecule has 0 fully saturated rings. The summed E-state index contributed by atoms with van der Waals surface area (Å²) in [6.07, 6.45) is 2.08. The van der Waals surface area contributed by atoms with E-state index in [1.165, 1.54) is 11.1 Å². The van der Waals surface area contributed by atoms with Crippen LogP contribution in [-0.2, 0) is 6.42 Å². The number of benzene rings is 2. The van der Waals surface area contributed by atoms with Crippen LogP contribution in [0, 0.1) is 0 Å². The molecule has 0 aliphatic rings. The second-order valence-corrected chi connectivity index (χ2v) is 5.94. The van der Waals surface area contributed by atoms with Gasteiger partial charge < -0.3 is 5.32 Å². The van der Waals surface area contributed by atoms with Crippen LogP contribution in [-0.4, -0.2) is 6.54 Å². The van der Waals surface area contributed by atoms with Crippen molar-refractivity contribution in [2.24, 2.45) is 0 Å². The summed E-state index contributed by atoms with van der Waals surface area (Å²) in [4.78, 5) is 0. The van der Waals surface area contributed by atoms with E-state index in [4.69, 9.17) is 23.2 Å². The third kappa shape index (κ3) is 4.00. The zero-order valence-electron chi connectivity index (χ0n) is 12.5. The molecule has 1 N–H and O–H groups in total. The first kappa shape index (κ1) is 16.4. The van der Waals surface area contributed by atoms with Crippen molar-refractivity contribution in [1.82, 2.24) is 5.32 Å². The van der Waals surface area contributed by atoms with E-state index in [1.54, 1.807) is 0 Å². The quantitative estimate of drug-likeness (QED) is 0.725. The zero-order chi connectivity index (χ0) is 15.2. The van der Waals surface area contributed by atoms with Crippen LogP contribution in [0.25, 0.3) is 0 Å². The largest absolute Gasteiger partial charge is 0.306 e. The predicted molar refractivity (Wildman–Crippen MR) is 92.4 cm³/mol. The number of hydrogen-bond acceptors (Lipinski definition) is 1. The van der Waals surface area contributed by atoms with Crippen LogP contribution in [0.5, 0.6) is 0 Å². The van der Waals surface area contributed by atoms with E-state index >= 15 is 0 Å². The smallest absolute Gasteiger partial charge is 0.0606 e. The summed E-state index contributed by atoms with van der Waals surface area (Å²) >= 11 is 12.8. The van der Waals surface area contributed by atoms with E-state index in [1.807, 2.05) is 18.2 Å². The van der Waals surface area contributed by atoms with Crippen LogP contribution >= 0.6 is 23.2 Å². The molecule has 21 heavy (non-hydrogen) atoms. The minimum atomic E-state index is 0.0256. The van der Waals surface area contributed by atoms with Gasteiger partial charge in [-0.3, -0.25) is 0 Å². The topological polar surface area (TPSA) is 12.0 Å². The summed E-state index contributed by atoms with van der Waals surface area (Å²) in [5.74, 6) is 0. The summed E-state index contributed by atoms with van der Waals surface area (Å²) < 4.78 is 0. The fourth-order valence-corrected chi connectivity index (χ4v) is 3.07. The van der Waals surface area contributed by atoms with Gasteiger partial charge in [-0.2, -0.15) is 0 Å². The lowest BCUT2D eigenvalue weighted by Gasteiger charge is -2.22. The molecule has 0 aliphatic heterocycles. The molecule has 2 rings (SSSR count). The Bertz CT molecular complexity index is 575. The maximum absolute atomic E-state index is 6.40. The fourth-order valence-electron chi connectivity index (χ4n) is 2.45. The molecule has 1 unspecified atom stereocenters. The second kappa shape index (κ2) is 7.84. The lowest BCUT2D eigenvalue weighted by atomic mass is 9.96. The van der Waals surface area contributed by atoms with E-state index in [9.17, 15) is 0 Å². The predicted octanol–water partition coefficient (Wildman–Crippen LogP) is 5.64. The molecule has 3 heteroatoms. The van der Waals surface area contributed by atoms with Gasteiger partial charge in [-0.1, -0.05) is 67.4 Å². The molecule has 0 spiro atoms. The molecule has 0 radical (unpaired) electrons. The zero-order valence-corrected chi connectivity index (χ0v) is 14.0. The number of hydrogen-bond donors (Lipinski definition) is 1. The molecular weight excluding hydrogens is 301 g/mol. The molecule has 1 nitrogen and oxygen atoms in total. The summed E-state index contributed by atoms with van der Waals surface area (Å²) in [6.45, 7) is 5.24. The van der Waals surface area contributed by atoms with Gasteiger partial charge >= 0.3 is 0 Å².